The molecule has 21 heavy (non-hydrogen) atoms. The van der Waals surface area contributed by atoms with Crippen molar-refractivity contribution in [1.82, 2.24) is 4.90 Å². The van der Waals surface area contributed by atoms with Crippen LogP contribution in [0.3, 0.4) is 0 Å². The first-order valence-electron chi connectivity index (χ1n) is 7.26. The molecule has 2 aromatic rings. The Morgan fingerprint density at radius 3 is 2.57 bits per heavy atom. The molecule has 0 aliphatic heterocycles. The van der Waals surface area contributed by atoms with Crippen LogP contribution in [0.2, 0.25) is 0 Å². The predicted octanol–water partition coefficient (Wildman–Crippen LogP) is 3.54. The third-order valence-corrected chi connectivity index (χ3v) is 4.59. The molecule has 3 nitrogen and oxygen atoms in total. The zero-order valence-corrected chi connectivity index (χ0v) is 12.7. The summed E-state index contributed by atoms with van der Waals surface area (Å²) < 4.78 is 0. The van der Waals surface area contributed by atoms with Crippen molar-refractivity contribution in [2.75, 3.05) is 0 Å². The molecule has 0 atom stereocenters. The van der Waals surface area contributed by atoms with E-state index in [1.54, 1.807) is 11.3 Å². The number of aliphatic carboxylic acids is 1. The Bertz CT molecular complexity index is 605. The number of hydrogen-bond donors (Lipinski definition) is 1. The van der Waals surface area contributed by atoms with Gasteiger partial charge in [-0.25, -0.2) is 0 Å². The van der Waals surface area contributed by atoms with E-state index in [2.05, 4.69) is 27.8 Å². The zero-order valence-electron chi connectivity index (χ0n) is 11.9. The summed E-state index contributed by atoms with van der Waals surface area (Å²) in [6, 6.07) is 10.7. The Morgan fingerprint density at radius 2 is 1.95 bits per heavy atom. The van der Waals surface area contributed by atoms with Crippen LogP contribution in [0.25, 0.3) is 0 Å². The van der Waals surface area contributed by atoms with Gasteiger partial charge < -0.3 is 5.11 Å². The molecule has 0 unspecified atom stereocenters. The second-order valence-electron chi connectivity index (χ2n) is 5.61. The summed E-state index contributed by atoms with van der Waals surface area (Å²) in [5, 5.41) is 13.3. The Kier molecular flexibility index (Phi) is 4.36. The first kappa shape index (κ1) is 14.3. The Hall–Kier alpha value is -1.65. The van der Waals surface area contributed by atoms with Crippen molar-refractivity contribution < 1.29 is 9.90 Å². The van der Waals surface area contributed by atoms with Gasteiger partial charge in [0.05, 0.1) is 6.42 Å². The molecule has 1 heterocycles. The van der Waals surface area contributed by atoms with Crippen molar-refractivity contribution in [2.24, 2.45) is 0 Å². The molecule has 1 aromatic carbocycles. The van der Waals surface area contributed by atoms with Crippen LogP contribution < -0.4 is 0 Å². The summed E-state index contributed by atoms with van der Waals surface area (Å²) in [4.78, 5) is 13.5. The topological polar surface area (TPSA) is 40.5 Å². The highest BCUT2D eigenvalue weighted by molar-refractivity contribution is 7.07. The highest BCUT2D eigenvalue weighted by atomic mass is 32.1. The minimum absolute atomic E-state index is 0.104. The lowest BCUT2D eigenvalue weighted by atomic mass is 10.0. The van der Waals surface area contributed by atoms with Crippen molar-refractivity contribution in [2.45, 2.75) is 38.4 Å². The van der Waals surface area contributed by atoms with E-state index >= 15 is 0 Å². The van der Waals surface area contributed by atoms with E-state index in [1.165, 1.54) is 18.4 Å². The fourth-order valence-corrected chi connectivity index (χ4v) is 3.30. The molecule has 0 bridgehead atoms. The van der Waals surface area contributed by atoms with Crippen LogP contribution in [0, 0.1) is 0 Å². The molecule has 1 aromatic heterocycles. The Labute approximate surface area is 128 Å². The van der Waals surface area contributed by atoms with Gasteiger partial charge in [-0.15, -0.1) is 0 Å². The van der Waals surface area contributed by atoms with Crippen LogP contribution >= 0.6 is 11.3 Å². The molecule has 0 saturated heterocycles. The molecule has 0 spiro atoms. The summed E-state index contributed by atoms with van der Waals surface area (Å²) in [5.41, 5.74) is 3.42. The highest BCUT2D eigenvalue weighted by Gasteiger charge is 2.29. The van der Waals surface area contributed by atoms with Crippen molar-refractivity contribution in [3.8, 4) is 0 Å². The number of carbonyl (C=O) groups is 1. The molecule has 0 amide bonds. The number of thiophene rings is 1. The summed E-state index contributed by atoms with van der Waals surface area (Å²) in [5.74, 6) is -0.766. The van der Waals surface area contributed by atoms with Gasteiger partial charge in [-0.1, -0.05) is 24.3 Å². The normalized spacial score (nSPS) is 14.5. The third kappa shape index (κ3) is 3.93. The molecule has 3 rings (SSSR count). The lowest BCUT2D eigenvalue weighted by Gasteiger charge is -2.23. The number of benzene rings is 1. The van der Waals surface area contributed by atoms with E-state index in [9.17, 15) is 4.79 Å². The molecule has 4 heteroatoms. The van der Waals surface area contributed by atoms with Gasteiger partial charge in [0.15, 0.2) is 0 Å². The summed E-state index contributed by atoms with van der Waals surface area (Å²) >= 11 is 1.73. The van der Waals surface area contributed by atoms with Gasteiger partial charge in [-0.05, 0) is 46.4 Å². The fraction of sp³-hybridized carbons (Fsp3) is 0.353. The van der Waals surface area contributed by atoms with E-state index in [1.807, 2.05) is 18.2 Å². The fourth-order valence-electron chi connectivity index (χ4n) is 2.64. The lowest BCUT2D eigenvalue weighted by molar-refractivity contribution is -0.136. The molecular formula is C17H19NO2S. The van der Waals surface area contributed by atoms with Crippen LogP contribution in [0.15, 0.2) is 41.1 Å². The largest absolute Gasteiger partial charge is 0.481 e. The van der Waals surface area contributed by atoms with Gasteiger partial charge in [0.1, 0.15) is 0 Å². The maximum atomic E-state index is 11.0. The third-order valence-electron chi connectivity index (χ3n) is 3.86. The van der Waals surface area contributed by atoms with Gasteiger partial charge in [0.25, 0.3) is 0 Å². The number of carboxylic acid groups (broad SMARTS) is 1. The second kappa shape index (κ2) is 6.41. The number of rotatable bonds is 7. The van der Waals surface area contributed by atoms with E-state index < -0.39 is 5.97 Å². The summed E-state index contributed by atoms with van der Waals surface area (Å²) in [6.07, 6.45) is 2.61. The number of nitrogens with zero attached hydrogens (tertiary/aromatic N) is 1. The quantitative estimate of drug-likeness (QED) is 0.850. The molecule has 110 valence electrons. The highest BCUT2D eigenvalue weighted by Crippen LogP contribution is 2.30. The predicted molar refractivity (Wildman–Crippen MR) is 84.4 cm³/mol. The first-order valence-corrected chi connectivity index (χ1v) is 8.20. The molecule has 1 aliphatic rings. The number of carboxylic acids is 1. The summed E-state index contributed by atoms with van der Waals surface area (Å²) in [7, 11) is 0. The van der Waals surface area contributed by atoms with Crippen LogP contribution in [0.4, 0.5) is 0 Å². The van der Waals surface area contributed by atoms with Crippen LogP contribution in [0.5, 0.6) is 0 Å². The Morgan fingerprint density at radius 1 is 1.19 bits per heavy atom. The monoisotopic (exact) mass is 301 g/mol. The van der Waals surface area contributed by atoms with Gasteiger partial charge >= 0.3 is 5.97 Å². The van der Waals surface area contributed by atoms with E-state index in [-0.39, 0.29) is 6.42 Å². The average Bonchev–Trinajstić information content (AvgIpc) is 3.18. The Balaban J connectivity index is 1.75. The van der Waals surface area contributed by atoms with Crippen LogP contribution in [0.1, 0.15) is 29.5 Å². The van der Waals surface area contributed by atoms with Gasteiger partial charge in [0.2, 0.25) is 0 Å². The minimum atomic E-state index is -0.766. The van der Waals surface area contributed by atoms with E-state index in [0.717, 1.165) is 24.2 Å². The standard InChI is InChI=1S/C17H19NO2S/c19-17(20)9-14-3-1-2-4-15(14)11-18(16-5-6-16)10-13-7-8-21-12-13/h1-4,7-8,12,16H,5-6,9-11H2,(H,19,20). The molecular weight excluding hydrogens is 282 g/mol. The van der Waals surface area contributed by atoms with Crippen LogP contribution in [-0.4, -0.2) is 22.0 Å². The number of hydrogen-bond acceptors (Lipinski definition) is 3. The van der Waals surface area contributed by atoms with Gasteiger partial charge in [-0.3, -0.25) is 9.69 Å². The average molecular weight is 301 g/mol. The van der Waals surface area contributed by atoms with Crippen molar-refractivity contribution >= 4 is 17.3 Å². The zero-order chi connectivity index (χ0) is 14.7. The molecule has 1 N–H and O–H groups in total. The molecule has 0 radical (unpaired) electrons. The van der Waals surface area contributed by atoms with Gasteiger partial charge in [-0.2, -0.15) is 11.3 Å². The van der Waals surface area contributed by atoms with Gasteiger partial charge in [0, 0.05) is 19.1 Å². The SMILES string of the molecule is O=C(O)Cc1ccccc1CN(Cc1ccsc1)C1CC1. The van der Waals surface area contributed by atoms with Crippen molar-refractivity contribution in [3.63, 3.8) is 0 Å². The minimum Gasteiger partial charge on any atom is -0.481 e. The van der Waals surface area contributed by atoms with E-state index in [0.29, 0.717) is 6.04 Å². The maximum Gasteiger partial charge on any atom is 0.307 e. The second-order valence-corrected chi connectivity index (χ2v) is 6.39. The maximum absolute atomic E-state index is 11.0. The molecule has 1 aliphatic carbocycles. The van der Waals surface area contributed by atoms with E-state index in [4.69, 9.17) is 5.11 Å². The van der Waals surface area contributed by atoms with Crippen LogP contribution in [-0.2, 0) is 24.3 Å². The molecule has 1 saturated carbocycles. The smallest absolute Gasteiger partial charge is 0.307 e. The lowest BCUT2D eigenvalue weighted by Crippen LogP contribution is -2.25. The van der Waals surface area contributed by atoms with Crippen molar-refractivity contribution in [1.29, 1.82) is 0 Å². The summed E-state index contributed by atoms with van der Waals surface area (Å²) in [6.45, 7) is 1.79. The first-order chi connectivity index (χ1) is 10.2. The molecule has 1 fully saturated rings. The van der Waals surface area contributed by atoms with Crippen molar-refractivity contribution in [3.05, 3.63) is 57.8 Å².